The molecule has 1 aliphatic heterocycles. The highest BCUT2D eigenvalue weighted by atomic mass is 35.5. The Bertz CT molecular complexity index is 957. The Morgan fingerprint density at radius 2 is 1.89 bits per heavy atom. The number of rotatable bonds is 4. The third kappa shape index (κ3) is 4.11. The molecule has 0 saturated heterocycles. The van der Waals surface area contributed by atoms with Crippen LogP contribution in [0.25, 0.3) is 0 Å². The Morgan fingerprint density at radius 3 is 2.64 bits per heavy atom. The monoisotopic (exact) mass is 411 g/mol. The van der Waals surface area contributed by atoms with Gasteiger partial charge in [-0.3, -0.25) is 9.79 Å². The van der Waals surface area contributed by atoms with Crippen LogP contribution in [0, 0.1) is 0 Å². The highest BCUT2D eigenvalue weighted by Gasteiger charge is 2.24. The lowest BCUT2D eigenvalue weighted by atomic mass is 10.0. The quantitative estimate of drug-likeness (QED) is 0.697. The Labute approximate surface area is 175 Å². The van der Waals surface area contributed by atoms with Gasteiger partial charge in [-0.2, -0.15) is 11.3 Å². The van der Waals surface area contributed by atoms with Crippen molar-refractivity contribution in [3.63, 3.8) is 0 Å². The van der Waals surface area contributed by atoms with E-state index in [4.69, 9.17) is 4.99 Å². The highest BCUT2D eigenvalue weighted by molar-refractivity contribution is 7.08. The van der Waals surface area contributed by atoms with Gasteiger partial charge in [-0.05, 0) is 17.5 Å². The summed E-state index contributed by atoms with van der Waals surface area (Å²) in [6.45, 7) is 1.17. The second kappa shape index (κ2) is 9.04. The number of para-hydroxylation sites is 1. The molecule has 0 fully saturated rings. The minimum absolute atomic E-state index is 0. The van der Waals surface area contributed by atoms with E-state index >= 15 is 0 Å². The smallest absolute Gasteiger partial charge is 0.252 e. The molecule has 0 spiro atoms. The molecule has 1 N–H and O–H groups in total. The second-order valence-corrected chi connectivity index (χ2v) is 7.34. The summed E-state index contributed by atoms with van der Waals surface area (Å²) >= 11 is 1.53. The summed E-state index contributed by atoms with van der Waals surface area (Å²) in [4.78, 5) is 19.5. The molecule has 28 heavy (non-hydrogen) atoms. The number of nitrogens with one attached hydrogen (secondary N) is 1. The fourth-order valence-corrected chi connectivity index (χ4v) is 3.97. The number of thiophene rings is 1. The molecule has 2 heterocycles. The molecule has 2 aromatic carbocycles. The third-order valence-corrected chi connectivity index (χ3v) is 5.56. The molecule has 144 valence electrons. The number of anilines is 1. The van der Waals surface area contributed by atoms with Crippen LogP contribution >= 0.6 is 23.7 Å². The number of hydrogen-bond donors (Lipinski definition) is 1. The number of likely N-dealkylation sites (N-methyl/N-ethyl adjacent to an activating group) is 1. The molecule has 4 rings (SSSR count). The van der Waals surface area contributed by atoms with Crippen LogP contribution < -0.4 is 10.2 Å². The highest BCUT2D eigenvalue weighted by Crippen LogP contribution is 2.27. The maximum Gasteiger partial charge on any atom is 0.252 e. The van der Waals surface area contributed by atoms with Crippen LogP contribution in [-0.2, 0) is 0 Å². The van der Waals surface area contributed by atoms with Crippen LogP contribution in [0.1, 0.15) is 21.5 Å². The van der Waals surface area contributed by atoms with Crippen molar-refractivity contribution in [2.75, 3.05) is 25.0 Å². The number of carbonyl (C=O) groups is 1. The average Bonchev–Trinajstić information content (AvgIpc) is 3.21. The van der Waals surface area contributed by atoms with E-state index in [9.17, 15) is 4.79 Å². The van der Waals surface area contributed by atoms with E-state index in [0.717, 1.165) is 22.5 Å². The molecule has 0 bridgehead atoms. The molecule has 6 heteroatoms. The minimum atomic E-state index is -0.0329. The van der Waals surface area contributed by atoms with Crippen molar-refractivity contribution in [2.45, 2.75) is 6.04 Å². The molecule has 1 aliphatic rings. The summed E-state index contributed by atoms with van der Waals surface area (Å²) in [5.41, 5.74) is 5.08. The predicted molar refractivity (Wildman–Crippen MR) is 119 cm³/mol. The number of aliphatic imine (C=N–C) groups is 1. The van der Waals surface area contributed by atoms with Crippen molar-refractivity contribution in [3.8, 4) is 0 Å². The number of benzodiazepines with no additional fused rings is 1. The number of fused-ring (bicyclic) bond motifs is 1. The summed E-state index contributed by atoms with van der Waals surface area (Å²) in [7, 11) is 2.07. The van der Waals surface area contributed by atoms with Gasteiger partial charge in [0.2, 0.25) is 0 Å². The van der Waals surface area contributed by atoms with E-state index in [2.05, 4.69) is 41.5 Å². The predicted octanol–water partition coefficient (Wildman–Crippen LogP) is 4.26. The first kappa shape index (κ1) is 20.1. The summed E-state index contributed by atoms with van der Waals surface area (Å²) < 4.78 is 0. The number of halogens is 1. The summed E-state index contributed by atoms with van der Waals surface area (Å²) in [5, 5.41) is 6.84. The van der Waals surface area contributed by atoms with Crippen LogP contribution in [-0.4, -0.2) is 37.8 Å². The normalized spacial score (nSPS) is 15.7. The molecule has 1 amide bonds. The SMILES string of the molecule is CN1c2ccccc2C(c2ccccc2)=NCC1CNC(=O)c1ccsc1.Cl. The maximum atomic E-state index is 12.3. The van der Waals surface area contributed by atoms with Crippen LogP contribution in [0.4, 0.5) is 5.69 Å². The zero-order valence-electron chi connectivity index (χ0n) is 15.5. The third-order valence-electron chi connectivity index (χ3n) is 4.88. The minimum Gasteiger partial charge on any atom is -0.367 e. The van der Waals surface area contributed by atoms with Crippen molar-refractivity contribution in [2.24, 2.45) is 4.99 Å². The summed E-state index contributed by atoms with van der Waals surface area (Å²) in [6.07, 6.45) is 0. The van der Waals surface area contributed by atoms with Gasteiger partial charge in [-0.15, -0.1) is 12.4 Å². The van der Waals surface area contributed by atoms with E-state index in [1.54, 1.807) is 0 Å². The summed E-state index contributed by atoms with van der Waals surface area (Å²) in [6, 6.07) is 20.5. The fourth-order valence-electron chi connectivity index (χ4n) is 3.33. The molecule has 1 atom stereocenters. The fraction of sp³-hybridized carbons (Fsp3) is 0.182. The van der Waals surface area contributed by atoms with Crippen molar-refractivity contribution in [3.05, 3.63) is 88.1 Å². The van der Waals surface area contributed by atoms with Crippen molar-refractivity contribution in [1.29, 1.82) is 0 Å². The lowest BCUT2D eigenvalue weighted by Crippen LogP contribution is -2.43. The molecule has 4 nitrogen and oxygen atoms in total. The van der Waals surface area contributed by atoms with E-state index in [1.165, 1.54) is 11.3 Å². The van der Waals surface area contributed by atoms with Crippen LogP contribution in [0.15, 0.2) is 76.4 Å². The lowest BCUT2D eigenvalue weighted by Gasteiger charge is -2.28. The number of amides is 1. The van der Waals surface area contributed by atoms with E-state index in [1.807, 2.05) is 47.2 Å². The topological polar surface area (TPSA) is 44.7 Å². The van der Waals surface area contributed by atoms with Gasteiger partial charge in [0.25, 0.3) is 5.91 Å². The Morgan fingerprint density at radius 1 is 1.14 bits per heavy atom. The first-order valence-electron chi connectivity index (χ1n) is 8.96. The average molecular weight is 412 g/mol. The standard InChI is InChI=1S/C22H21N3OS.ClH/c1-25-18(14-24-22(26)17-11-12-27-15-17)13-23-21(16-7-3-2-4-8-16)19-9-5-6-10-20(19)25;/h2-12,15,18H,13-14H2,1H3,(H,24,26);1H. The Hall–Kier alpha value is -2.63. The zero-order valence-corrected chi connectivity index (χ0v) is 17.2. The van der Waals surface area contributed by atoms with E-state index in [0.29, 0.717) is 18.7 Å². The van der Waals surface area contributed by atoms with Gasteiger partial charge < -0.3 is 10.2 Å². The van der Waals surface area contributed by atoms with E-state index in [-0.39, 0.29) is 24.4 Å². The number of benzene rings is 2. The molecule has 0 radical (unpaired) electrons. The van der Waals surface area contributed by atoms with Crippen molar-refractivity contribution >= 4 is 41.1 Å². The van der Waals surface area contributed by atoms with Gasteiger partial charge in [-0.25, -0.2) is 0 Å². The van der Waals surface area contributed by atoms with Crippen LogP contribution in [0.5, 0.6) is 0 Å². The van der Waals surface area contributed by atoms with Gasteiger partial charge in [0.1, 0.15) is 0 Å². The maximum absolute atomic E-state index is 12.3. The van der Waals surface area contributed by atoms with E-state index < -0.39 is 0 Å². The molecule has 1 unspecified atom stereocenters. The molecule has 0 aliphatic carbocycles. The second-order valence-electron chi connectivity index (χ2n) is 6.56. The van der Waals surface area contributed by atoms with Crippen LogP contribution in [0.2, 0.25) is 0 Å². The molecule has 3 aromatic rings. The number of carbonyl (C=O) groups excluding carboxylic acids is 1. The first-order chi connectivity index (χ1) is 13.2. The van der Waals surface area contributed by atoms with Gasteiger partial charge in [0, 0.05) is 41.4 Å². The number of hydrogen-bond acceptors (Lipinski definition) is 4. The lowest BCUT2D eigenvalue weighted by molar-refractivity contribution is 0.0952. The van der Waals surface area contributed by atoms with Gasteiger partial charge in [-0.1, -0.05) is 48.5 Å². The molecular formula is C22H22ClN3OS. The molecule has 1 aromatic heterocycles. The van der Waals surface area contributed by atoms with Gasteiger partial charge >= 0.3 is 0 Å². The molecular weight excluding hydrogens is 390 g/mol. The Balaban J connectivity index is 0.00000225. The first-order valence-corrected chi connectivity index (χ1v) is 9.91. The summed E-state index contributed by atoms with van der Waals surface area (Å²) in [5.74, 6) is -0.0329. The number of nitrogens with zero attached hydrogens (tertiary/aromatic N) is 2. The van der Waals surface area contributed by atoms with Crippen molar-refractivity contribution in [1.82, 2.24) is 5.32 Å². The van der Waals surface area contributed by atoms with Gasteiger partial charge in [0.15, 0.2) is 0 Å². The Kier molecular flexibility index (Phi) is 6.49. The molecule has 0 saturated carbocycles. The van der Waals surface area contributed by atoms with Crippen molar-refractivity contribution < 1.29 is 4.79 Å². The van der Waals surface area contributed by atoms with Crippen LogP contribution in [0.3, 0.4) is 0 Å². The van der Waals surface area contributed by atoms with Gasteiger partial charge in [0.05, 0.1) is 18.3 Å². The zero-order chi connectivity index (χ0) is 18.6. The largest absolute Gasteiger partial charge is 0.367 e.